The Hall–Kier alpha value is -2.93. The van der Waals surface area contributed by atoms with Gasteiger partial charge in [-0.05, 0) is 60.6 Å². The number of likely N-dealkylation sites (tertiary alicyclic amines) is 1. The van der Waals surface area contributed by atoms with Crippen molar-refractivity contribution >= 4 is 17.5 Å². The van der Waals surface area contributed by atoms with Crippen LogP contribution in [0.25, 0.3) is 16.8 Å². The summed E-state index contributed by atoms with van der Waals surface area (Å²) in [7, 11) is 0. The highest BCUT2D eigenvalue weighted by molar-refractivity contribution is 6.30. The van der Waals surface area contributed by atoms with E-state index in [0.29, 0.717) is 29.4 Å². The Morgan fingerprint density at radius 3 is 2.58 bits per heavy atom. The standard InChI is InChI=1S/C23H22ClFN4O2/c24-18-6-3-15(4-7-18)17-5-8-20(19(25)12-17)29-21(26-27-23(29)31)11-14-9-10-28(13-14)22(30)16-1-2-16/h3-8,12,14,16H,1-2,9-11,13H2,(H,27,31). The first kappa shape index (κ1) is 20.0. The van der Waals surface area contributed by atoms with Gasteiger partial charge in [0.15, 0.2) is 0 Å². The smallest absolute Gasteiger partial charge is 0.342 e. The highest BCUT2D eigenvalue weighted by atomic mass is 35.5. The molecule has 0 spiro atoms. The van der Waals surface area contributed by atoms with Gasteiger partial charge in [-0.2, -0.15) is 5.10 Å². The number of hydrogen-bond donors (Lipinski definition) is 1. The average molecular weight is 441 g/mol. The molecule has 1 unspecified atom stereocenters. The summed E-state index contributed by atoms with van der Waals surface area (Å²) in [6.45, 7) is 1.40. The van der Waals surface area contributed by atoms with E-state index in [-0.39, 0.29) is 23.4 Å². The number of benzene rings is 2. The monoisotopic (exact) mass is 440 g/mol. The number of aromatic amines is 1. The summed E-state index contributed by atoms with van der Waals surface area (Å²) >= 11 is 5.93. The molecule has 2 aromatic carbocycles. The summed E-state index contributed by atoms with van der Waals surface area (Å²) in [6, 6.07) is 11.9. The average Bonchev–Trinajstić information content (AvgIpc) is 3.41. The second-order valence-corrected chi connectivity index (χ2v) is 8.81. The Labute approximate surface area is 183 Å². The van der Waals surface area contributed by atoms with Gasteiger partial charge in [0, 0.05) is 30.5 Å². The first-order valence-corrected chi connectivity index (χ1v) is 10.9. The molecule has 0 bridgehead atoms. The van der Waals surface area contributed by atoms with Gasteiger partial charge in [0.1, 0.15) is 11.6 Å². The lowest BCUT2D eigenvalue weighted by molar-refractivity contribution is -0.131. The first-order valence-electron chi connectivity index (χ1n) is 10.5. The number of rotatable bonds is 5. The topological polar surface area (TPSA) is 71.0 Å². The lowest BCUT2D eigenvalue weighted by Gasteiger charge is -2.16. The molecule has 1 N–H and O–H groups in total. The van der Waals surface area contributed by atoms with Crippen LogP contribution in [0, 0.1) is 17.7 Å². The maximum Gasteiger partial charge on any atom is 0.348 e. The van der Waals surface area contributed by atoms with Gasteiger partial charge in [-0.3, -0.25) is 4.79 Å². The third-order valence-corrected chi connectivity index (χ3v) is 6.36. The van der Waals surface area contributed by atoms with E-state index in [4.69, 9.17) is 11.6 Å². The summed E-state index contributed by atoms with van der Waals surface area (Å²) < 4.78 is 16.3. The lowest BCUT2D eigenvalue weighted by Crippen LogP contribution is -2.30. The fourth-order valence-corrected chi connectivity index (χ4v) is 4.40. The highest BCUT2D eigenvalue weighted by Crippen LogP contribution is 2.33. The second kappa shape index (κ2) is 7.96. The molecule has 1 amide bonds. The molecule has 1 aliphatic heterocycles. The molecule has 3 aromatic rings. The van der Waals surface area contributed by atoms with E-state index in [1.807, 2.05) is 17.0 Å². The second-order valence-electron chi connectivity index (χ2n) is 8.37. The molecule has 2 fully saturated rings. The lowest BCUT2D eigenvalue weighted by atomic mass is 10.0. The van der Waals surface area contributed by atoms with Crippen molar-refractivity contribution in [2.24, 2.45) is 11.8 Å². The molecule has 1 aliphatic carbocycles. The largest absolute Gasteiger partial charge is 0.348 e. The normalized spacial score (nSPS) is 18.5. The van der Waals surface area contributed by atoms with Crippen LogP contribution in [0.3, 0.4) is 0 Å². The number of aromatic nitrogens is 3. The highest BCUT2D eigenvalue weighted by Gasteiger charge is 2.37. The Morgan fingerprint density at radius 1 is 1.13 bits per heavy atom. The quantitative estimate of drug-likeness (QED) is 0.655. The summed E-state index contributed by atoms with van der Waals surface area (Å²) in [5.41, 5.74) is 1.22. The summed E-state index contributed by atoms with van der Waals surface area (Å²) in [4.78, 5) is 26.6. The third-order valence-electron chi connectivity index (χ3n) is 6.10. The fraction of sp³-hybridized carbons (Fsp3) is 0.348. The Kier molecular flexibility index (Phi) is 5.14. The molecule has 1 saturated carbocycles. The van der Waals surface area contributed by atoms with Crippen LogP contribution >= 0.6 is 11.6 Å². The van der Waals surface area contributed by atoms with E-state index < -0.39 is 11.5 Å². The van der Waals surface area contributed by atoms with E-state index in [0.717, 1.165) is 31.4 Å². The predicted molar refractivity (Wildman–Crippen MR) is 116 cm³/mol. The molecule has 2 heterocycles. The maximum absolute atomic E-state index is 15.0. The number of H-pyrrole nitrogens is 1. The van der Waals surface area contributed by atoms with E-state index >= 15 is 4.39 Å². The van der Waals surface area contributed by atoms with Gasteiger partial charge in [0.05, 0.1) is 5.69 Å². The van der Waals surface area contributed by atoms with Crippen LogP contribution in [-0.2, 0) is 11.2 Å². The van der Waals surface area contributed by atoms with Gasteiger partial charge in [-0.15, -0.1) is 0 Å². The van der Waals surface area contributed by atoms with Crippen molar-refractivity contribution in [1.82, 2.24) is 19.7 Å². The Morgan fingerprint density at radius 2 is 1.87 bits per heavy atom. The minimum Gasteiger partial charge on any atom is -0.342 e. The molecular formula is C23H22ClFN4O2. The zero-order valence-corrected chi connectivity index (χ0v) is 17.6. The third kappa shape index (κ3) is 4.02. The number of carbonyl (C=O) groups is 1. The van der Waals surface area contributed by atoms with Gasteiger partial charge in [0.2, 0.25) is 5.91 Å². The molecule has 8 heteroatoms. The number of halogens is 2. The molecule has 0 radical (unpaired) electrons. The zero-order chi connectivity index (χ0) is 21.5. The predicted octanol–water partition coefficient (Wildman–Crippen LogP) is 3.82. The number of hydrogen-bond acceptors (Lipinski definition) is 3. The van der Waals surface area contributed by atoms with Crippen LogP contribution in [0.1, 0.15) is 25.1 Å². The van der Waals surface area contributed by atoms with Gasteiger partial charge in [-0.1, -0.05) is 29.8 Å². The molecule has 6 nitrogen and oxygen atoms in total. The first-order chi connectivity index (χ1) is 15.0. The number of nitrogens with zero attached hydrogens (tertiary/aromatic N) is 3. The van der Waals surface area contributed by atoms with Crippen molar-refractivity contribution in [2.45, 2.75) is 25.7 Å². The van der Waals surface area contributed by atoms with Crippen molar-refractivity contribution in [2.75, 3.05) is 13.1 Å². The minimum absolute atomic E-state index is 0.162. The molecule has 31 heavy (non-hydrogen) atoms. The Balaban J connectivity index is 1.37. The van der Waals surface area contributed by atoms with Gasteiger partial charge >= 0.3 is 5.69 Å². The van der Waals surface area contributed by atoms with Crippen molar-refractivity contribution in [3.05, 3.63) is 69.6 Å². The van der Waals surface area contributed by atoms with Crippen LogP contribution in [0.15, 0.2) is 47.3 Å². The summed E-state index contributed by atoms with van der Waals surface area (Å²) in [5.74, 6) is 0.623. The van der Waals surface area contributed by atoms with E-state index in [2.05, 4.69) is 10.2 Å². The SMILES string of the molecule is O=C(C1CC1)N1CCC(Cc2n[nH]c(=O)n2-c2ccc(-c3ccc(Cl)cc3)cc2F)C1. The van der Waals surface area contributed by atoms with E-state index in [1.165, 1.54) is 10.6 Å². The minimum atomic E-state index is -0.505. The maximum atomic E-state index is 15.0. The molecule has 1 atom stereocenters. The van der Waals surface area contributed by atoms with Crippen molar-refractivity contribution < 1.29 is 9.18 Å². The van der Waals surface area contributed by atoms with E-state index in [1.54, 1.807) is 24.3 Å². The number of carbonyl (C=O) groups excluding carboxylic acids is 1. The Bertz CT molecular complexity index is 1180. The molecule has 2 aliphatic rings. The van der Waals surface area contributed by atoms with Gasteiger partial charge in [-0.25, -0.2) is 18.9 Å². The van der Waals surface area contributed by atoms with Crippen LogP contribution in [-0.4, -0.2) is 38.7 Å². The van der Waals surface area contributed by atoms with Crippen LogP contribution < -0.4 is 5.69 Å². The zero-order valence-electron chi connectivity index (χ0n) is 16.9. The van der Waals surface area contributed by atoms with E-state index in [9.17, 15) is 9.59 Å². The molecule has 160 valence electrons. The molecule has 1 saturated heterocycles. The summed E-state index contributed by atoms with van der Waals surface area (Å²) in [5, 5.41) is 7.20. The molecule has 5 rings (SSSR count). The molecule has 1 aromatic heterocycles. The number of nitrogens with one attached hydrogen (secondary N) is 1. The van der Waals surface area contributed by atoms with Crippen molar-refractivity contribution in [3.8, 4) is 16.8 Å². The summed E-state index contributed by atoms with van der Waals surface area (Å²) in [6.07, 6.45) is 3.34. The van der Waals surface area contributed by atoms with Gasteiger partial charge < -0.3 is 4.90 Å². The van der Waals surface area contributed by atoms with Crippen LogP contribution in [0.5, 0.6) is 0 Å². The number of amides is 1. The fourth-order valence-electron chi connectivity index (χ4n) is 4.27. The van der Waals surface area contributed by atoms with Crippen LogP contribution in [0.2, 0.25) is 5.02 Å². The van der Waals surface area contributed by atoms with Gasteiger partial charge in [0.25, 0.3) is 0 Å². The van der Waals surface area contributed by atoms with Crippen LogP contribution in [0.4, 0.5) is 4.39 Å². The van der Waals surface area contributed by atoms with Crippen molar-refractivity contribution in [3.63, 3.8) is 0 Å². The molecular weight excluding hydrogens is 419 g/mol. The van der Waals surface area contributed by atoms with Crippen molar-refractivity contribution in [1.29, 1.82) is 0 Å².